The monoisotopic (exact) mass is 494 g/mol. The average Bonchev–Trinajstić information content (AvgIpc) is 3.56. The molecule has 0 bridgehead atoms. The van der Waals surface area contributed by atoms with E-state index in [0.29, 0.717) is 52.4 Å². The molecule has 1 aliphatic rings. The molecule has 6 rings (SSSR count). The average molecular weight is 495 g/mol. The zero-order chi connectivity index (χ0) is 24.3. The number of nitrogens with one attached hydrogen (secondary N) is 1. The summed E-state index contributed by atoms with van der Waals surface area (Å²) < 4.78 is 53.8. The Morgan fingerprint density at radius 3 is 2.77 bits per heavy atom. The van der Waals surface area contributed by atoms with Crippen molar-refractivity contribution in [2.75, 3.05) is 17.7 Å². The van der Waals surface area contributed by atoms with Crippen LogP contribution in [-0.2, 0) is 9.84 Å². The molecule has 4 heterocycles. The van der Waals surface area contributed by atoms with Gasteiger partial charge in [-0.1, -0.05) is 0 Å². The number of hydrogen-bond acceptors (Lipinski definition) is 6. The molecule has 11 heteroatoms. The summed E-state index contributed by atoms with van der Waals surface area (Å²) in [6.07, 6.45) is 6.07. The first-order chi connectivity index (χ1) is 16.8. The highest BCUT2D eigenvalue weighted by molar-refractivity contribution is 7.90. The fourth-order valence-electron chi connectivity index (χ4n) is 4.67. The Balaban J connectivity index is 1.42. The second kappa shape index (κ2) is 7.84. The molecule has 0 aliphatic carbocycles. The van der Waals surface area contributed by atoms with Crippen molar-refractivity contribution in [2.45, 2.75) is 23.8 Å². The molecular weight excluding hydrogens is 474 g/mol. The van der Waals surface area contributed by atoms with E-state index in [-0.39, 0.29) is 10.9 Å². The zero-order valence-electron chi connectivity index (χ0n) is 18.6. The summed E-state index contributed by atoms with van der Waals surface area (Å²) in [6.45, 7) is 0.659. The summed E-state index contributed by atoms with van der Waals surface area (Å²) in [4.78, 5) is 14.7. The van der Waals surface area contributed by atoms with Crippen LogP contribution in [0.4, 0.5) is 14.6 Å². The van der Waals surface area contributed by atoms with Crippen molar-refractivity contribution in [3.05, 3.63) is 72.1 Å². The number of fused-ring (bicyclic) bond motifs is 2. The highest BCUT2D eigenvalue weighted by Gasteiger charge is 2.30. The zero-order valence-corrected chi connectivity index (χ0v) is 19.4. The Morgan fingerprint density at radius 1 is 1.09 bits per heavy atom. The van der Waals surface area contributed by atoms with E-state index in [1.54, 1.807) is 35.1 Å². The lowest BCUT2D eigenvalue weighted by Gasteiger charge is -2.26. The Labute approximate surface area is 199 Å². The lowest BCUT2D eigenvalue weighted by Crippen LogP contribution is -2.24. The molecule has 0 spiro atoms. The summed E-state index contributed by atoms with van der Waals surface area (Å²) >= 11 is 0. The van der Waals surface area contributed by atoms with Gasteiger partial charge >= 0.3 is 0 Å². The van der Waals surface area contributed by atoms with Crippen molar-refractivity contribution < 1.29 is 17.2 Å². The SMILES string of the molecule is CS(=O)(=O)c1ccc2nc(-c3cnn4ccc(N5CCC[C@@H]5c5cc(F)ccc5F)nc34)[nH]c2c1. The molecule has 35 heavy (non-hydrogen) atoms. The third-order valence-corrected chi connectivity index (χ3v) is 7.47. The van der Waals surface area contributed by atoms with Gasteiger partial charge in [-0.2, -0.15) is 5.10 Å². The molecule has 1 N–H and O–H groups in total. The Morgan fingerprint density at radius 2 is 1.94 bits per heavy atom. The molecule has 0 amide bonds. The van der Waals surface area contributed by atoms with Crippen molar-refractivity contribution >= 4 is 32.3 Å². The maximum atomic E-state index is 14.5. The number of sulfone groups is 1. The van der Waals surface area contributed by atoms with E-state index >= 15 is 0 Å². The van der Waals surface area contributed by atoms with Gasteiger partial charge in [-0.25, -0.2) is 31.7 Å². The van der Waals surface area contributed by atoms with Gasteiger partial charge in [0.05, 0.1) is 33.7 Å². The van der Waals surface area contributed by atoms with Crippen molar-refractivity contribution in [3.8, 4) is 11.4 Å². The van der Waals surface area contributed by atoms with E-state index in [2.05, 4.69) is 15.1 Å². The van der Waals surface area contributed by atoms with Crippen LogP contribution in [0.25, 0.3) is 28.1 Å². The number of anilines is 1. The Kier molecular flexibility index (Phi) is 4.85. The van der Waals surface area contributed by atoms with Gasteiger partial charge in [0, 0.05) is 24.6 Å². The minimum Gasteiger partial charge on any atom is -0.349 e. The molecule has 0 unspecified atom stereocenters. The fourth-order valence-corrected chi connectivity index (χ4v) is 5.31. The molecule has 0 saturated carbocycles. The summed E-state index contributed by atoms with van der Waals surface area (Å²) in [5, 5.41) is 4.36. The lowest BCUT2D eigenvalue weighted by molar-refractivity contribution is 0.560. The van der Waals surface area contributed by atoms with Crippen molar-refractivity contribution in [3.63, 3.8) is 0 Å². The molecule has 0 radical (unpaired) electrons. The second-order valence-corrected chi connectivity index (χ2v) is 10.7. The smallest absolute Gasteiger partial charge is 0.175 e. The predicted octanol–water partition coefficient (Wildman–Crippen LogP) is 4.30. The van der Waals surface area contributed by atoms with Crippen LogP contribution in [0, 0.1) is 11.6 Å². The lowest BCUT2D eigenvalue weighted by atomic mass is 10.0. The van der Waals surface area contributed by atoms with Crippen molar-refractivity contribution in [2.24, 2.45) is 0 Å². The number of aromatic nitrogens is 5. The fraction of sp³-hybridized carbons (Fsp3) is 0.208. The van der Waals surface area contributed by atoms with E-state index in [1.165, 1.54) is 12.1 Å². The molecular formula is C24H20F2N6O2S. The van der Waals surface area contributed by atoms with E-state index in [4.69, 9.17) is 4.98 Å². The number of rotatable bonds is 4. The number of imidazole rings is 1. The third-order valence-electron chi connectivity index (χ3n) is 6.36. The molecule has 178 valence electrons. The standard InChI is InChI=1S/C24H20F2N6O2S/c1-35(33,34)15-5-7-19-20(12-15)29-23(28-19)17-13-27-32-10-8-22(30-24(17)32)31-9-2-3-21(31)16-11-14(25)4-6-18(16)26/h4-8,10-13,21H,2-3,9H2,1H3,(H,28,29)/t21-/m1/s1. The maximum absolute atomic E-state index is 14.5. The van der Waals surface area contributed by atoms with Crippen LogP contribution in [0.15, 0.2) is 59.8 Å². The summed E-state index contributed by atoms with van der Waals surface area (Å²) in [6, 6.07) is 9.72. The first-order valence-corrected chi connectivity index (χ1v) is 12.9. The number of hydrogen-bond donors (Lipinski definition) is 1. The van der Waals surface area contributed by atoms with Gasteiger partial charge in [-0.3, -0.25) is 0 Å². The van der Waals surface area contributed by atoms with E-state index < -0.39 is 21.5 Å². The first-order valence-electron chi connectivity index (χ1n) is 11.0. The molecule has 8 nitrogen and oxygen atoms in total. The largest absolute Gasteiger partial charge is 0.349 e. The topological polar surface area (TPSA) is 96.2 Å². The summed E-state index contributed by atoms with van der Waals surface area (Å²) in [5.74, 6) is 0.212. The van der Waals surface area contributed by atoms with Crippen molar-refractivity contribution in [1.29, 1.82) is 0 Å². The third kappa shape index (κ3) is 3.72. The normalized spacial score (nSPS) is 16.5. The van der Waals surface area contributed by atoms with Crippen LogP contribution < -0.4 is 4.90 Å². The second-order valence-electron chi connectivity index (χ2n) is 8.67. The van der Waals surface area contributed by atoms with Crippen LogP contribution in [0.5, 0.6) is 0 Å². The minimum atomic E-state index is -3.35. The number of benzene rings is 2. The number of aromatic amines is 1. The Hall–Kier alpha value is -3.86. The number of nitrogens with zero attached hydrogens (tertiary/aromatic N) is 5. The van der Waals surface area contributed by atoms with Crippen LogP contribution >= 0.6 is 0 Å². The Bertz CT molecular complexity index is 1710. The maximum Gasteiger partial charge on any atom is 0.175 e. The molecule has 1 saturated heterocycles. The molecule has 1 aliphatic heterocycles. The van der Waals surface area contributed by atoms with E-state index in [1.807, 2.05) is 4.90 Å². The molecule has 2 aromatic carbocycles. The highest BCUT2D eigenvalue weighted by atomic mass is 32.2. The highest BCUT2D eigenvalue weighted by Crippen LogP contribution is 2.37. The van der Waals surface area contributed by atoms with Crippen LogP contribution in [0.2, 0.25) is 0 Å². The van der Waals surface area contributed by atoms with Gasteiger partial charge in [0.15, 0.2) is 15.5 Å². The van der Waals surface area contributed by atoms with Crippen molar-refractivity contribution in [1.82, 2.24) is 24.6 Å². The minimum absolute atomic E-state index is 0.199. The van der Waals surface area contributed by atoms with Crippen LogP contribution in [0.3, 0.4) is 0 Å². The van der Waals surface area contributed by atoms with E-state index in [0.717, 1.165) is 24.8 Å². The van der Waals surface area contributed by atoms with Gasteiger partial charge in [0.25, 0.3) is 0 Å². The summed E-state index contributed by atoms with van der Waals surface area (Å²) in [5.41, 5.74) is 2.69. The quantitative estimate of drug-likeness (QED) is 0.400. The van der Waals surface area contributed by atoms with Gasteiger partial charge in [0.1, 0.15) is 23.3 Å². The number of halogens is 2. The first kappa shape index (κ1) is 21.7. The number of H-pyrrole nitrogens is 1. The molecule has 3 aromatic heterocycles. The predicted molar refractivity (Wildman–Crippen MR) is 127 cm³/mol. The molecule has 1 atom stereocenters. The summed E-state index contributed by atoms with van der Waals surface area (Å²) in [7, 11) is -3.35. The molecule has 1 fully saturated rings. The van der Waals surface area contributed by atoms with Crippen LogP contribution in [-0.4, -0.2) is 45.8 Å². The van der Waals surface area contributed by atoms with Gasteiger partial charge in [0.2, 0.25) is 0 Å². The molecule has 5 aromatic rings. The van der Waals surface area contributed by atoms with Gasteiger partial charge < -0.3 is 9.88 Å². The van der Waals surface area contributed by atoms with Gasteiger partial charge in [-0.05, 0) is 55.3 Å². The van der Waals surface area contributed by atoms with E-state index in [9.17, 15) is 17.2 Å². The van der Waals surface area contributed by atoms with Gasteiger partial charge in [-0.15, -0.1) is 0 Å². The van der Waals surface area contributed by atoms with Crippen LogP contribution in [0.1, 0.15) is 24.4 Å².